The maximum atomic E-state index is 5.60. The average Bonchev–Trinajstić information content (AvgIpc) is 3.06. The summed E-state index contributed by atoms with van der Waals surface area (Å²) in [6.07, 6.45) is 3.95. The van der Waals surface area contributed by atoms with Gasteiger partial charge in [-0.25, -0.2) is 4.98 Å². The predicted molar refractivity (Wildman–Crippen MR) is 109 cm³/mol. The average molecular weight is 355 g/mol. The molecule has 0 saturated heterocycles. The topological polar surface area (TPSA) is 49.9 Å². The van der Waals surface area contributed by atoms with Crippen molar-refractivity contribution < 1.29 is 4.74 Å². The molecule has 3 heterocycles. The molecule has 1 atom stereocenters. The fourth-order valence-electron chi connectivity index (χ4n) is 3.96. The van der Waals surface area contributed by atoms with Crippen molar-refractivity contribution in [2.45, 2.75) is 19.9 Å². The van der Waals surface area contributed by atoms with Crippen LogP contribution in [0.3, 0.4) is 0 Å². The molecular weight excluding hydrogens is 334 g/mol. The van der Waals surface area contributed by atoms with E-state index in [-0.39, 0.29) is 6.04 Å². The van der Waals surface area contributed by atoms with E-state index < -0.39 is 0 Å². The van der Waals surface area contributed by atoms with Crippen molar-refractivity contribution in [2.75, 3.05) is 11.9 Å². The molecule has 2 aromatic heterocycles. The molecule has 0 amide bonds. The van der Waals surface area contributed by atoms with Crippen molar-refractivity contribution in [3.05, 3.63) is 77.6 Å². The largest absolute Gasteiger partial charge is 0.494 e. The molecule has 0 saturated carbocycles. The van der Waals surface area contributed by atoms with Gasteiger partial charge in [0.1, 0.15) is 11.4 Å². The molecule has 1 aliphatic rings. The summed E-state index contributed by atoms with van der Waals surface area (Å²) in [5, 5.41) is 4.95. The van der Waals surface area contributed by atoms with E-state index in [4.69, 9.17) is 4.74 Å². The van der Waals surface area contributed by atoms with Crippen LogP contribution >= 0.6 is 0 Å². The Labute approximate surface area is 158 Å². The Hall–Kier alpha value is -3.27. The molecule has 1 aliphatic heterocycles. The highest BCUT2D eigenvalue weighted by Crippen LogP contribution is 2.43. The Bertz CT molecular complexity index is 1130. The molecule has 4 heteroatoms. The van der Waals surface area contributed by atoms with Gasteiger partial charge < -0.3 is 15.0 Å². The lowest BCUT2D eigenvalue weighted by molar-refractivity contribution is 0.340. The molecule has 0 fully saturated rings. The van der Waals surface area contributed by atoms with Crippen LogP contribution in [-0.4, -0.2) is 16.6 Å². The number of pyridine rings is 1. The first kappa shape index (κ1) is 15.9. The van der Waals surface area contributed by atoms with Gasteiger partial charge in [0.2, 0.25) is 0 Å². The van der Waals surface area contributed by atoms with E-state index in [2.05, 4.69) is 64.8 Å². The summed E-state index contributed by atoms with van der Waals surface area (Å²) < 4.78 is 5.60. The first-order valence-corrected chi connectivity index (χ1v) is 9.31. The maximum absolute atomic E-state index is 5.60. The van der Waals surface area contributed by atoms with Crippen molar-refractivity contribution >= 4 is 16.7 Å². The molecule has 0 radical (unpaired) electrons. The van der Waals surface area contributed by atoms with Crippen LogP contribution in [0, 0.1) is 6.92 Å². The van der Waals surface area contributed by atoms with E-state index >= 15 is 0 Å². The molecule has 1 unspecified atom stereocenters. The smallest absolute Gasteiger partial charge is 0.138 e. The zero-order chi connectivity index (χ0) is 18.4. The third-order valence-electron chi connectivity index (χ3n) is 5.20. The third-order valence-corrected chi connectivity index (χ3v) is 5.20. The number of aryl methyl sites for hydroxylation is 1. The molecule has 0 bridgehead atoms. The van der Waals surface area contributed by atoms with Crippen molar-refractivity contribution in [1.29, 1.82) is 0 Å². The van der Waals surface area contributed by atoms with Crippen LogP contribution in [0.25, 0.3) is 22.2 Å². The number of nitrogens with zero attached hydrogens (tertiary/aromatic N) is 1. The van der Waals surface area contributed by atoms with Crippen LogP contribution in [0.1, 0.15) is 29.7 Å². The summed E-state index contributed by atoms with van der Waals surface area (Å²) >= 11 is 0. The number of aromatic amines is 1. The fraction of sp³-hybridized carbons (Fsp3) is 0.174. The van der Waals surface area contributed by atoms with Crippen molar-refractivity contribution in [3.8, 4) is 16.9 Å². The first-order valence-electron chi connectivity index (χ1n) is 9.31. The number of rotatable bonds is 3. The van der Waals surface area contributed by atoms with E-state index in [1.54, 1.807) is 0 Å². The molecule has 0 aliphatic carbocycles. The SMILES string of the molecule is CCOc1ccc(C2Nc3ccc(C)cc3-c3ccnc4[nH]cc2c34)cc1. The number of H-pyrrole nitrogens is 1. The number of hydrogen-bond acceptors (Lipinski definition) is 3. The summed E-state index contributed by atoms with van der Waals surface area (Å²) in [6, 6.07) is 17.1. The minimum Gasteiger partial charge on any atom is -0.494 e. The molecule has 27 heavy (non-hydrogen) atoms. The Morgan fingerprint density at radius 3 is 2.70 bits per heavy atom. The molecule has 2 aromatic carbocycles. The van der Waals surface area contributed by atoms with Crippen LogP contribution < -0.4 is 10.1 Å². The van der Waals surface area contributed by atoms with Crippen molar-refractivity contribution in [3.63, 3.8) is 0 Å². The number of benzene rings is 2. The van der Waals surface area contributed by atoms with Gasteiger partial charge >= 0.3 is 0 Å². The van der Waals surface area contributed by atoms with Gasteiger partial charge in [-0.2, -0.15) is 0 Å². The standard InChI is InChI=1S/C23H21N3O/c1-3-27-16-7-5-15(6-8-16)22-19-13-25-23-21(19)17(10-11-24-23)18-12-14(2)4-9-20(18)26-22/h4-13,22,26H,3H2,1-2H3,(H,24,25). The fourth-order valence-corrected chi connectivity index (χ4v) is 3.96. The van der Waals surface area contributed by atoms with E-state index in [0.717, 1.165) is 17.1 Å². The molecule has 5 rings (SSSR count). The lowest BCUT2D eigenvalue weighted by atomic mass is 9.96. The van der Waals surface area contributed by atoms with Crippen LogP contribution in [-0.2, 0) is 0 Å². The maximum Gasteiger partial charge on any atom is 0.138 e. The molecule has 2 N–H and O–H groups in total. The van der Waals surface area contributed by atoms with Crippen LogP contribution in [0.2, 0.25) is 0 Å². The molecular formula is C23H21N3O. The van der Waals surface area contributed by atoms with Crippen LogP contribution in [0.15, 0.2) is 60.9 Å². The number of nitrogens with one attached hydrogen (secondary N) is 2. The molecule has 0 spiro atoms. The monoisotopic (exact) mass is 355 g/mol. The molecule has 4 nitrogen and oxygen atoms in total. The molecule has 4 aromatic rings. The van der Waals surface area contributed by atoms with E-state index in [0.29, 0.717) is 6.61 Å². The number of anilines is 1. The second-order valence-electron chi connectivity index (χ2n) is 6.95. The number of ether oxygens (including phenoxy) is 1. The molecule has 134 valence electrons. The quantitative estimate of drug-likeness (QED) is 0.514. The van der Waals surface area contributed by atoms with Gasteiger partial charge in [0, 0.05) is 34.6 Å². The van der Waals surface area contributed by atoms with E-state index in [9.17, 15) is 0 Å². The highest BCUT2D eigenvalue weighted by atomic mass is 16.5. The van der Waals surface area contributed by atoms with Gasteiger partial charge in [-0.05, 0) is 55.3 Å². The van der Waals surface area contributed by atoms with Gasteiger partial charge in [-0.3, -0.25) is 0 Å². The minimum atomic E-state index is 0.0429. The lowest BCUT2D eigenvalue weighted by Crippen LogP contribution is -2.11. The van der Waals surface area contributed by atoms with E-state index in [1.165, 1.54) is 33.2 Å². The predicted octanol–water partition coefficient (Wildman–Crippen LogP) is 5.45. The summed E-state index contributed by atoms with van der Waals surface area (Å²) in [6.45, 7) is 4.80. The number of fused-ring (bicyclic) bond motifs is 2. The highest BCUT2D eigenvalue weighted by molar-refractivity contribution is 6.01. The zero-order valence-electron chi connectivity index (χ0n) is 15.4. The van der Waals surface area contributed by atoms with Gasteiger partial charge in [0.05, 0.1) is 12.6 Å². The van der Waals surface area contributed by atoms with E-state index in [1.807, 2.05) is 25.3 Å². The van der Waals surface area contributed by atoms with Crippen LogP contribution in [0.5, 0.6) is 5.75 Å². The van der Waals surface area contributed by atoms with Gasteiger partial charge in [0.25, 0.3) is 0 Å². The number of aromatic nitrogens is 2. The summed E-state index contributed by atoms with van der Waals surface area (Å²) in [5.41, 5.74) is 8.16. The summed E-state index contributed by atoms with van der Waals surface area (Å²) in [7, 11) is 0. The zero-order valence-corrected chi connectivity index (χ0v) is 15.4. The summed E-state index contributed by atoms with van der Waals surface area (Å²) in [5.74, 6) is 0.896. The van der Waals surface area contributed by atoms with Crippen molar-refractivity contribution in [2.24, 2.45) is 0 Å². The normalized spacial score (nSPS) is 15.1. The second kappa shape index (κ2) is 6.16. The Morgan fingerprint density at radius 2 is 1.89 bits per heavy atom. The Kier molecular flexibility index (Phi) is 3.64. The summed E-state index contributed by atoms with van der Waals surface area (Å²) in [4.78, 5) is 7.89. The van der Waals surface area contributed by atoms with Crippen LogP contribution in [0.4, 0.5) is 5.69 Å². The Balaban J connectivity index is 1.72. The van der Waals surface area contributed by atoms with Gasteiger partial charge in [0.15, 0.2) is 0 Å². The first-order chi connectivity index (χ1) is 13.2. The lowest BCUT2D eigenvalue weighted by Gasteiger charge is -2.20. The third kappa shape index (κ3) is 2.56. The van der Waals surface area contributed by atoms with Crippen molar-refractivity contribution in [1.82, 2.24) is 9.97 Å². The second-order valence-corrected chi connectivity index (χ2v) is 6.95. The highest BCUT2D eigenvalue weighted by Gasteiger charge is 2.26. The number of hydrogen-bond donors (Lipinski definition) is 2. The Morgan fingerprint density at radius 1 is 1.04 bits per heavy atom. The van der Waals surface area contributed by atoms with Gasteiger partial charge in [-0.15, -0.1) is 0 Å². The minimum absolute atomic E-state index is 0.0429. The van der Waals surface area contributed by atoms with Gasteiger partial charge in [-0.1, -0.05) is 23.8 Å².